The molecule has 2 aliphatic rings. The fraction of sp³-hybridized carbons (Fsp3) is 0.560. The van der Waals surface area contributed by atoms with Crippen LogP contribution in [0.25, 0.3) is 0 Å². The number of hydrogen-bond donors (Lipinski definition) is 2. The van der Waals surface area contributed by atoms with Crippen molar-refractivity contribution in [1.29, 1.82) is 0 Å². The molecule has 0 radical (unpaired) electrons. The number of para-hydroxylation sites is 1. The Bertz CT molecular complexity index is 1310. The third-order valence-corrected chi connectivity index (χ3v) is 7.96. The van der Waals surface area contributed by atoms with Gasteiger partial charge in [0.1, 0.15) is 11.9 Å². The highest BCUT2D eigenvalue weighted by molar-refractivity contribution is 7.52. The summed E-state index contributed by atoms with van der Waals surface area (Å²) in [7, 11) is -4.19. The number of esters is 1. The van der Waals surface area contributed by atoms with E-state index in [1.54, 1.807) is 44.2 Å². The van der Waals surface area contributed by atoms with Crippen molar-refractivity contribution < 1.29 is 41.7 Å². The van der Waals surface area contributed by atoms with E-state index in [2.05, 4.69) is 5.09 Å². The largest absolute Gasteiger partial charge is 0.459 e. The SMILES string of the molecule is CCCC(=O)O[C@@H]1[C@@H](COP(=O)(NC(C)C2OCCO2)Oc2ccccc2)OC(n2ccc(=O)[nH]c2=O)[C@]1(C)F. The normalized spacial score (nSPS) is 27.2. The Morgan fingerprint density at radius 2 is 1.95 bits per heavy atom. The second-order valence-electron chi connectivity index (χ2n) is 9.58. The number of H-pyrrole nitrogens is 1. The van der Waals surface area contributed by atoms with Gasteiger partial charge in [-0.05, 0) is 32.4 Å². The Kier molecular flexibility index (Phi) is 9.60. The number of aromatic nitrogens is 2. The zero-order chi connectivity index (χ0) is 28.9. The Morgan fingerprint density at radius 3 is 2.60 bits per heavy atom. The molecule has 2 aliphatic heterocycles. The number of nitrogens with zero attached hydrogens (tertiary/aromatic N) is 1. The third-order valence-electron chi connectivity index (χ3n) is 6.29. The summed E-state index contributed by atoms with van der Waals surface area (Å²) in [6.07, 6.45) is -3.65. The van der Waals surface area contributed by atoms with Gasteiger partial charge in [-0.15, -0.1) is 0 Å². The molecule has 0 amide bonds. The van der Waals surface area contributed by atoms with Gasteiger partial charge in [-0.25, -0.2) is 18.8 Å². The molecule has 2 fully saturated rings. The van der Waals surface area contributed by atoms with Crippen molar-refractivity contribution in [1.82, 2.24) is 14.6 Å². The Balaban J connectivity index is 1.60. The van der Waals surface area contributed by atoms with Crippen molar-refractivity contribution in [3.8, 4) is 5.75 Å². The molecule has 220 valence electrons. The fourth-order valence-corrected chi connectivity index (χ4v) is 5.95. The van der Waals surface area contributed by atoms with E-state index in [1.807, 2.05) is 4.98 Å². The number of carbonyl (C=O) groups excluding carboxylic acids is 1. The van der Waals surface area contributed by atoms with Crippen molar-refractivity contribution in [2.24, 2.45) is 0 Å². The number of rotatable bonds is 12. The molecular formula is C25H33FN3O10P. The molecule has 1 aromatic heterocycles. The summed E-state index contributed by atoms with van der Waals surface area (Å²) in [5.41, 5.74) is -4.05. The van der Waals surface area contributed by atoms with Crippen LogP contribution in [-0.4, -0.2) is 65.5 Å². The van der Waals surface area contributed by atoms with Gasteiger partial charge < -0.3 is 23.5 Å². The van der Waals surface area contributed by atoms with Crippen LogP contribution in [0, 0.1) is 0 Å². The predicted molar refractivity (Wildman–Crippen MR) is 138 cm³/mol. The molecule has 3 heterocycles. The van der Waals surface area contributed by atoms with Crippen molar-refractivity contribution >= 4 is 13.7 Å². The lowest BCUT2D eigenvalue weighted by atomic mass is 9.98. The number of halogens is 1. The standard InChI is InChI=1S/C25H33FN3O10P/c1-4-8-20(31)38-21-18(37-23(25(21,3)26)29-12-11-19(30)27-24(29)32)15-36-40(33,39-17-9-6-5-7-10-17)28-16(2)22-34-13-14-35-22/h5-7,9-12,16,18,21-23H,4,8,13-15H2,1-3H3,(H,28,33)(H,27,30,32)/t16?,18-,21-,23?,25-,40?/m1/s1. The first-order chi connectivity index (χ1) is 19.0. The molecular weight excluding hydrogens is 552 g/mol. The van der Waals surface area contributed by atoms with Crippen LogP contribution in [0.1, 0.15) is 39.8 Å². The van der Waals surface area contributed by atoms with E-state index < -0.39 is 68.0 Å². The number of carbonyl (C=O) groups is 1. The summed E-state index contributed by atoms with van der Waals surface area (Å²) in [4.78, 5) is 38.4. The second-order valence-corrected chi connectivity index (χ2v) is 11.3. The van der Waals surface area contributed by atoms with Gasteiger partial charge in [-0.2, -0.15) is 0 Å². The lowest BCUT2D eigenvalue weighted by Gasteiger charge is -2.29. The zero-order valence-electron chi connectivity index (χ0n) is 22.3. The van der Waals surface area contributed by atoms with Gasteiger partial charge in [-0.3, -0.25) is 23.7 Å². The average molecular weight is 586 g/mol. The monoisotopic (exact) mass is 585 g/mol. The van der Waals surface area contributed by atoms with Crippen LogP contribution < -0.4 is 20.9 Å². The first-order valence-electron chi connectivity index (χ1n) is 12.9. The maximum absolute atomic E-state index is 16.3. The van der Waals surface area contributed by atoms with Gasteiger partial charge in [-0.1, -0.05) is 25.1 Å². The predicted octanol–water partition coefficient (Wildman–Crippen LogP) is 2.43. The highest BCUT2D eigenvalue weighted by Gasteiger charge is 2.58. The van der Waals surface area contributed by atoms with E-state index in [0.29, 0.717) is 19.6 Å². The molecule has 2 aromatic rings. The van der Waals surface area contributed by atoms with Crippen LogP contribution in [0.15, 0.2) is 52.2 Å². The highest BCUT2D eigenvalue weighted by atomic mass is 31.2. The van der Waals surface area contributed by atoms with Gasteiger partial charge in [0.2, 0.25) is 0 Å². The van der Waals surface area contributed by atoms with E-state index in [4.69, 9.17) is 28.0 Å². The van der Waals surface area contributed by atoms with Crippen LogP contribution in [-0.2, 0) is 32.8 Å². The van der Waals surface area contributed by atoms with E-state index >= 15 is 4.39 Å². The molecule has 13 nitrogen and oxygen atoms in total. The number of benzene rings is 1. The average Bonchev–Trinajstić information content (AvgIpc) is 3.51. The van der Waals surface area contributed by atoms with Gasteiger partial charge in [0.25, 0.3) is 5.56 Å². The van der Waals surface area contributed by atoms with Crippen LogP contribution in [0.3, 0.4) is 0 Å². The van der Waals surface area contributed by atoms with Gasteiger partial charge in [0.15, 0.2) is 24.3 Å². The molecule has 40 heavy (non-hydrogen) atoms. The van der Waals surface area contributed by atoms with Crippen LogP contribution in [0.4, 0.5) is 4.39 Å². The minimum Gasteiger partial charge on any atom is -0.456 e. The Hall–Kier alpha value is -2.87. The number of ether oxygens (including phenoxy) is 4. The van der Waals surface area contributed by atoms with Crippen LogP contribution in [0.5, 0.6) is 5.75 Å². The summed E-state index contributed by atoms with van der Waals surface area (Å²) < 4.78 is 64.7. The summed E-state index contributed by atoms with van der Waals surface area (Å²) >= 11 is 0. The minimum atomic E-state index is -4.19. The van der Waals surface area contributed by atoms with Crippen molar-refractivity contribution in [3.63, 3.8) is 0 Å². The maximum atomic E-state index is 16.3. The summed E-state index contributed by atoms with van der Waals surface area (Å²) in [5.74, 6) is -0.463. The van der Waals surface area contributed by atoms with E-state index in [0.717, 1.165) is 23.8 Å². The number of alkyl halides is 1. The number of hydrogen-bond acceptors (Lipinski definition) is 10. The molecule has 3 unspecified atom stereocenters. The molecule has 0 spiro atoms. The molecule has 1 aromatic carbocycles. The Morgan fingerprint density at radius 1 is 1.25 bits per heavy atom. The van der Waals surface area contributed by atoms with E-state index in [1.165, 1.54) is 0 Å². The molecule has 2 saturated heterocycles. The van der Waals surface area contributed by atoms with Crippen molar-refractivity contribution in [2.75, 3.05) is 19.8 Å². The maximum Gasteiger partial charge on any atom is 0.459 e. The third kappa shape index (κ3) is 7.06. The molecule has 2 N–H and O–H groups in total. The molecule has 0 bridgehead atoms. The van der Waals surface area contributed by atoms with Gasteiger partial charge >= 0.3 is 19.4 Å². The first-order valence-corrected chi connectivity index (χ1v) is 14.4. The van der Waals surface area contributed by atoms with Crippen molar-refractivity contribution in [3.05, 3.63) is 63.4 Å². The molecule has 15 heteroatoms. The first kappa shape index (κ1) is 30.1. The molecule has 0 aliphatic carbocycles. The number of aromatic amines is 1. The number of nitrogens with one attached hydrogen (secondary N) is 2. The smallest absolute Gasteiger partial charge is 0.456 e. The molecule has 4 rings (SSSR count). The second kappa shape index (κ2) is 12.8. The van der Waals surface area contributed by atoms with E-state index in [9.17, 15) is 18.9 Å². The van der Waals surface area contributed by atoms with Crippen LogP contribution in [0.2, 0.25) is 0 Å². The zero-order valence-corrected chi connectivity index (χ0v) is 23.2. The Labute approximate surface area is 229 Å². The quantitative estimate of drug-likeness (QED) is 0.279. The lowest BCUT2D eigenvalue weighted by molar-refractivity contribution is -0.158. The topological polar surface area (TPSA) is 156 Å². The summed E-state index contributed by atoms with van der Waals surface area (Å²) in [6, 6.07) is 8.64. The van der Waals surface area contributed by atoms with Gasteiger partial charge in [0.05, 0.1) is 25.9 Å². The summed E-state index contributed by atoms with van der Waals surface area (Å²) in [6.45, 7) is 4.69. The van der Waals surface area contributed by atoms with Crippen molar-refractivity contribution in [2.45, 2.75) is 70.0 Å². The summed E-state index contributed by atoms with van der Waals surface area (Å²) in [5, 5.41) is 2.77. The lowest BCUT2D eigenvalue weighted by Crippen LogP contribution is -2.46. The van der Waals surface area contributed by atoms with E-state index in [-0.39, 0.29) is 12.2 Å². The van der Waals surface area contributed by atoms with Gasteiger partial charge in [0, 0.05) is 18.7 Å². The fourth-order valence-electron chi connectivity index (χ4n) is 4.40. The molecule has 0 saturated carbocycles. The minimum absolute atomic E-state index is 0.0134. The van der Waals surface area contributed by atoms with Crippen LogP contribution >= 0.6 is 7.75 Å². The highest BCUT2D eigenvalue weighted by Crippen LogP contribution is 2.48. The molecule has 6 atom stereocenters.